The summed E-state index contributed by atoms with van der Waals surface area (Å²) in [6.07, 6.45) is 2.75. The summed E-state index contributed by atoms with van der Waals surface area (Å²) in [6.45, 7) is 5.14. The van der Waals surface area contributed by atoms with Crippen molar-refractivity contribution in [1.82, 2.24) is 5.32 Å². The Kier molecular flexibility index (Phi) is 3.99. The molecule has 2 heteroatoms. The van der Waals surface area contributed by atoms with Gasteiger partial charge >= 0.3 is 0 Å². The number of aryl methyl sites for hydroxylation is 1. The molecule has 2 nitrogen and oxygen atoms in total. The molecular weight excluding hydrogens is 210 g/mol. The first-order chi connectivity index (χ1) is 8.29. The Bertz CT molecular complexity index is 430. The average Bonchev–Trinajstić information content (AvgIpc) is 2.86. The van der Waals surface area contributed by atoms with Crippen LogP contribution in [0.3, 0.4) is 0 Å². The summed E-state index contributed by atoms with van der Waals surface area (Å²) in [6, 6.07) is 12.9. The van der Waals surface area contributed by atoms with Gasteiger partial charge < -0.3 is 9.73 Å². The van der Waals surface area contributed by atoms with Crippen LogP contribution in [0.2, 0.25) is 0 Å². The lowest BCUT2D eigenvalue weighted by molar-refractivity contribution is 0.403. The first kappa shape index (κ1) is 11.9. The molecule has 1 aromatic carbocycles. The van der Waals surface area contributed by atoms with Crippen LogP contribution in [0, 0.1) is 6.92 Å². The molecule has 0 saturated carbocycles. The molecule has 2 aromatic rings. The summed E-state index contributed by atoms with van der Waals surface area (Å²) in [5, 5.41) is 3.51. The summed E-state index contributed by atoms with van der Waals surface area (Å²) in [5.41, 5.74) is 2.60. The van der Waals surface area contributed by atoms with Crippen molar-refractivity contribution in [3.05, 3.63) is 59.5 Å². The largest absolute Gasteiger partial charge is 0.468 e. The number of hydrogen-bond acceptors (Lipinski definition) is 2. The molecule has 2 rings (SSSR count). The third kappa shape index (κ3) is 3.21. The average molecular weight is 229 g/mol. The van der Waals surface area contributed by atoms with Gasteiger partial charge in [-0.3, -0.25) is 0 Å². The minimum Gasteiger partial charge on any atom is -0.468 e. The molecule has 1 unspecified atom stereocenters. The van der Waals surface area contributed by atoms with E-state index in [2.05, 4.69) is 43.4 Å². The van der Waals surface area contributed by atoms with Crippen molar-refractivity contribution >= 4 is 0 Å². The molecule has 1 heterocycles. The van der Waals surface area contributed by atoms with Crippen LogP contribution in [0.25, 0.3) is 0 Å². The fourth-order valence-corrected chi connectivity index (χ4v) is 1.88. The zero-order chi connectivity index (χ0) is 12.1. The summed E-state index contributed by atoms with van der Waals surface area (Å²) in [4.78, 5) is 0. The lowest BCUT2D eigenvalue weighted by atomic mass is 10.1. The second-order valence-electron chi connectivity index (χ2n) is 4.34. The maximum Gasteiger partial charge on any atom is 0.120 e. The molecule has 1 atom stereocenters. The predicted octanol–water partition coefficient (Wildman–Crippen LogP) is 3.83. The number of hydrogen-bond donors (Lipinski definition) is 1. The van der Waals surface area contributed by atoms with Crippen LogP contribution in [0.5, 0.6) is 0 Å². The normalized spacial score (nSPS) is 12.6. The Morgan fingerprint density at radius 2 is 1.94 bits per heavy atom. The van der Waals surface area contributed by atoms with Gasteiger partial charge in [-0.15, -0.1) is 0 Å². The SMILES string of the molecule is CCC(NCc1ccc(C)cc1)c1ccco1. The maximum absolute atomic E-state index is 5.43. The van der Waals surface area contributed by atoms with Gasteiger partial charge in [-0.25, -0.2) is 0 Å². The molecule has 0 radical (unpaired) electrons. The minimum absolute atomic E-state index is 0.298. The topological polar surface area (TPSA) is 25.2 Å². The highest BCUT2D eigenvalue weighted by Gasteiger charge is 2.10. The molecule has 0 fully saturated rings. The number of benzene rings is 1. The molecule has 17 heavy (non-hydrogen) atoms. The number of rotatable bonds is 5. The Hall–Kier alpha value is -1.54. The lowest BCUT2D eigenvalue weighted by Gasteiger charge is -2.14. The molecule has 0 aliphatic heterocycles. The summed E-state index contributed by atoms with van der Waals surface area (Å²) in [7, 11) is 0. The van der Waals surface area contributed by atoms with Crippen LogP contribution < -0.4 is 5.32 Å². The highest BCUT2D eigenvalue weighted by molar-refractivity contribution is 5.21. The van der Waals surface area contributed by atoms with Crippen molar-refractivity contribution in [2.45, 2.75) is 32.9 Å². The maximum atomic E-state index is 5.43. The van der Waals surface area contributed by atoms with E-state index in [1.165, 1.54) is 11.1 Å². The van der Waals surface area contributed by atoms with Crippen LogP contribution in [-0.2, 0) is 6.54 Å². The molecule has 0 amide bonds. The zero-order valence-electron chi connectivity index (χ0n) is 10.4. The van der Waals surface area contributed by atoms with Crippen molar-refractivity contribution in [2.24, 2.45) is 0 Å². The highest BCUT2D eigenvalue weighted by atomic mass is 16.3. The van der Waals surface area contributed by atoms with Gasteiger partial charge in [0.05, 0.1) is 12.3 Å². The van der Waals surface area contributed by atoms with Crippen LogP contribution in [0.4, 0.5) is 0 Å². The van der Waals surface area contributed by atoms with Gasteiger partial charge in [0.1, 0.15) is 5.76 Å². The molecule has 1 aromatic heterocycles. The van der Waals surface area contributed by atoms with Crippen molar-refractivity contribution in [2.75, 3.05) is 0 Å². The summed E-state index contributed by atoms with van der Waals surface area (Å²) in [5.74, 6) is 1.01. The van der Waals surface area contributed by atoms with Gasteiger partial charge in [-0.05, 0) is 31.0 Å². The smallest absolute Gasteiger partial charge is 0.120 e. The third-order valence-electron chi connectivity index (χ3n) is 2.97. The molecule has 0 aliphatic rings. The Morgan fingerprint density at radius 3 is 2.53 bits per heavy atom. The van der Waals surface area contributed by atoms with Crippen LogP contribution >= 0.6 is 0 Å². The van der Waals surface area contributed by atoms with Crippen LogP contribution in [-0.4, -0.2) is 0 Å². The molecular formula is C15H19NO. The molecule has 1 N–H and O–H groups in total. The molecule has 90 valence electrons. The van der Waals surface area contributed by atoms with Gasteiger partial charge in [-0.1, -0.05) is 36.8 Å². The van der Waals surface area contributed by atoms with E-state index in [0.29, 0.717) is 6.04 Å². The lowest BCUT2D eigenvalue weighted by Crippen LogP contribution is -2.19. The fraction of sp³-hybridized carbons (Fsp3) is 0.333. The first-order valence-corrected chi connectivity index (χ1v) is 6.12. The van der Waals surface area contributed by atoms with Crippen LogP contribution in [0.15, 0.2) is 47.1 Å². The monoisotopic (exact) mass is 229 g/mol. The summed E-state index contributed by atoms with van der Waals surface area (Å²) < 4.78 is 5.43. The van der Waals surface area contributed by atoms with E-state index in [-0.39, 0.29) is 0 Å². The highest BCUT2D eigenvalue weighted by Crippen LogP contribution is 2.17. The fourth-order valence-electron chi connectivity index (χ4n) is 1.88. The predicted molar refractivity (Wildman–Crippen MR) is 69.8 cm³/mol. The van der Waals surface area contributed by atoms with Gasteiger partial charge in [-0.2, -0.15) is 0 Å². The molecule has 0 bridgehead atoms. The van der Waals surface area contributed by atoms with Gasteiger partial charge in [0.15, 0.2) is 0 Å². The van der Waals surface area contributed by atoms with Gasteiger partial charge in [0, 0.05) is 6.54 Å². The van der Waals surface area contributed by atoms with Crippen molar-refractivity contribution in [3.8, 4) is 0 Å². The van der Waals surface area contributed by atoms with Crippen molar-refractivity contribution < 1.29 is 4.42 Å². The standard InChI is InChI=1S/C15H19NO/c1-3-14(15-5-4-10-17-15)16-11-13-8-6-12(2)7-9-13/h4-10,14,16H,3,11H2,1-2H3. The third-order valence-corrected chi connectivity index (χ3v) is 2.97. The van der Waals surface area contributed by atoms with Gasteiger partial charge in [0.25, 0.3) is 0 Å². The van der Waals surface area contributed by atoms with Crippen LogP contribution in [0.1, 0.15) is 36.3 Å². The quantitative estimate of drug-likeness (QED) is 0.843. The van der Waals surface area contributed by atoms with E-state index < -0.39 is 0 Å². The molecule has 0 spiro atoms. The number of nitrogens with one attached hydrogen (secondary N) is 1. The van der Waals surface area contributed by atoms with Gasteiger partial charge in [0.2, 0.25) is 0 Å². The van der Waals surface area contributed by atoms with E-state index >= 15 is 0 Å². The Labute approximate surface area is 103 Å². The molecule has 0 saturated heterocycles. The Balaban J connectivity index is 1.94. The van der Waals surface area contributed by atoms with E-state index in [9.17, 15) is 0 Å². The second kappa shape index (κ2) is 5.69. The summed E-state index contributed by atoms with van der Waals surface area (Å²) >= 11 is 0. The van der Waals surface area contributed by atoms with E-state index in [1.807, 2.05) is 12.1 Å². The van der Waals surface area contributed by atoms with Crippen molar-refractivity contribution in [3.63, 3.8) is 0 Å². The zero-order valence-corrected chi connectivity index (χ0v) is 10.4. The molecule has 0 aliphatic carbocycles. The number of furan rings is 1. The van der Waals surface area contributed by atoms with E-state index in [4.69, 9.17) is 4.42 Å². The Morgan fingerprint density at radius 1 is 1.18 bits per heavy atom. The van der Waals surface area contributed by atoms with E-state index in [0.717, 1.165) is 18.7 Å². The second-order valence-corrected chi connectivity index (χ2v) is 4.34. The minimum atomic E-state index is 0.298. The van der Waals surface area contributed by atoms with Crippen molar-refractivity contribution in [1.29, 1.82) is 0 Å². The van der Waals surface area contributed by atoms with E-state index in [1.54, 1.807) is 6.26 Å². The first-order valence-electron chi connectivity index (χ1n) is 6.12.